The molecule has 1 heterocycles. The Hall–Kier alpha value is -3.31. The molecule has 4 rings (SSSR count). The predicted octanol–water partition coefficient (Wildman–Crippen LogP) is 3.69. The summed E-state index contributed by atoms with van der Waals surface area (Å²) in [5.41, 5.74) is -0.0905. The normalized spacial score (nSPS) is 17.9. The molecule has 2 aromatic rings. The zero-order valence-corrected chi connectivity index (χ0v) is 20.4. The number of methoxy groups -OCH3 is 1. The van der Waals surface area contributed by atoms with Crippen LogP contribution in [-0.2, 0) is 19.8 Å². The van der Waals surface area contributed by atoms with Crippen molar-refractivity contribution in [3.63, 3.8) is 0 Å². The van der Waals surface area contributed by atoms with E-state index >= 15 is 0 Å². The zero-order chi connectivity index (χ0) is 26.5. The van der Waals surface area contributed by atoms with Crippen molar-refractivity contribution in [2.24, 2.45) is 0 Å². The topological polar surface area (TPSA) is 95.1 Å². The van der Waals surface area contributed by atoms with Crippen LogP contribution < -0.4 is 20.1 Å². The molecule has 11 heteroatoms. The molecule has 1 aliphatic carbocycles. The lowest BCUT2D eigenvalue weighted by Crippen LogP contribution is -2.61. The lowest BCUT2D eigenvalue weighted by molar-refractivity contribution is -0.275. The van der Waals surface area contributed by atoms with E-state index in [1.54, 1.807) is 18.2 Å². The summed E-state index contributed by atoms with van der Waals surface area (Å²) in [5, 5.41) is 6.46. The minimum absolute atomic E-state index is 0.0221. The summed E-state index contributed by atoms with van der Waals surface area (Å²) in [6.07, 6.45) is -2.43. The second kappa shape index (κ2) is 11.0. The highest BCUT2D eigenvalue weighted by atomic mass is 19.4. The molecule has 37 heavy (non-hydrogen) atoms. The van der Waals surface area contributed by atoms with Gasteiger partial charge in [0.15, 0.2) is 11.5 Å². The first-order valence-corrected chi connectivity index (χ1v) is 12.0. The number of nitrogens with one attached hydrogen (secondary N) is 2. The number of halogens is 3. The molecule has 200 valence electrons. The van der Waals surface area contributed by atoms with Crippen molar-refractivity contribution < 1.29 is 41.7 Å². The standard InChI is InChI=1S/C26H29F3N2O6/c1-34-22(32)18-6-8-19(9-7-18)24(10-11-24)31-23(33)25(12-15-35-16-13-25)30-14-17-36-20-4-2-3-5-21(20)37-26(27,28)29/h2-9,30H,10-17H2,1H3,(H,31,33). The number of carbonyl (C=O) groups is 2. The second-order valence-corrected chi connectivity index (χ2v) is 9.07. The zero-order valence-electron chi connectivity index (χ0n) is 20.4. The Labute approximate surface area is 212 Å². The molecule has 0 unspecified atom stereocenters. The maximum absolute atomic E-state index is 13.6. The smallest absolute Gasteiger partial charge is 0.488 e. The van der Waals surface area contributed by atoms with E-state index in [1.165, 1.54) is 25.3 Å². The van der Waals surface area contributed by atoms with E-state index in [4.69, 9.17) is 14.2 Å². The number of hydrogen-bond acceptors (Lipinski definition) is 7. The highest BCUT2D eigenvalue weighted by Gasteiger charge is 2.50. The predicted molar refractivity (Wildman–Crippen MR) is 126 cm³/mol. The molecule has 1 amide bonds. The number of carbonyl (C=O) groups excluding carboxylic acids is 2. The summed E-state index contributed by atoms with van der Waals surface area (Å²) in [7, 11) is 1.32. The molecule has 1 saturated heterocycles. The molecule has 1 aliphatic heterocycles. The third-order valence-electron chi connectivity index (χ3n) is 6.64. The molecule has 2 fully saturated rings. The maximum Gasteiger partial charge on any atom is 0.573 e. The van der Waals surface area contributed by atoms with Gasteiger partial charge in [0.25, 0.3) is 0 Å². The number of amides is 1. The highest BCUT2D eigenvalue weighted by Crippen LogP contribution is 2.46. The molecule has 0 aromatic heterocycles. The first-order chi connectivity index (χ1) is 17.7. The van der Waals surface area contributed by atoms with Gasteiger partial charge in [0.2, 0.25) is 5.91 Å². The van der Waals surface area contributed by atoms with E-state index in [0.717, 1.165) is 18.4 Å². The van der Waals surface area contributed by atoms with Crippen molar-refractivity contribution in [3.8, 4) is 11.5 Å². The van der Waals surface area contributed by atoms with Crippen LogP contribution in [0.15, 0.2) is 48.5 Å². The fourth-order valence-electron chi connectivity index (χ4n) is 4.42. The highest BCUT2D eigenvalue weighted by molar-refractivity contribution is 5.89. The van der Waals surface area contributed by atoms with Gasteiger partial charge in [0.1, 0.15) is 12.1 Å². The maximum atomic E-state index is 13.6. The summed E-state index contributed by atoms with van der Waals surface area (Å²) in [5.74, 6) is -1.08. The van der Waals surface area contributed by atoms with Gasteiger partial charge in [0, 0.05) is 19.8 Å². The Morgan fingerprint density at radius 2 is 1.62 bits per heavy atom. The van der Waals surface area contributed by atoms with Gasteiger partial charge in [-0.3, -0.25) is 10.1 Å². The fourth-order valence-corrected chi connectivity index (χ4v) is 4.42. The molecule has 2 aliphatic rings. The molecule has 1 saturated carbocycles. The van der Waals surface area contributed by atoms with E-state index < -0.39 is 29.2 Å². The Morgan fingerprint density at radius 1 is 0.973 bits per heavy atom. The minimum Gasteiger partial charge on any atom is -0.488 e. The monoisotopic (exact) mass is 522 g/mol. The Bertz CT molecular complexity index is 1100. The summed E-state index contributed by atoms with van der Waals surface area (Å²) in [6, 6.07) is 12.5. The summed E-state index contributed by atoms with van der Waals surface area (Å²) in [4.78, 5) is 25.3. The first kappa shape index (κ1) is 26.7. The van der Waals surface area contributed by atoms with E-state index in [1.807, 2.05) is 12.1 Å². The van der Waals surface area contributed by atoms with Gasteiger partial charge in [-0.05, 0) is 55.5 Å². The van der Waals surface area contributed by atoms with Gasteiger partial charge in [-0.15, -0.1) is 13.2 Å². The summed E-state index contributed by atoms with van der Waals surface area (Å²) < 4.78 is 57.7. The van der Waals surface area contributed by atoms with Crippen molar-refractivity contribution >= 4 is 11.9 Å². The molecular formula is C26H29F3N2O6. The van der Waals surface area contributed by atoms with Gasteiger partial charge >= 0.3 is 12.3 Å². The van der Waals surface area contributed by atoms with Crippen LogP contribution in [0, 0.1) is 0 Å². The lowest BCUT2D eigenvalue weighted by Gasteiger charge is -2.38. The Kier molecular flexibility index (Phi) is 7.93. The first-order valence-electron chi connectivity index (χ1n) is 12.0. The number of alkyl halides is 3. The number of rotatable bonds is 10. The molecule has 0 spiro atoms. The molecule has 0 bridgehead atoms. The van der Waals surface area contributed by atoms with Crippen LogP contribution >= 0.6 is 0 Å². The summed E-state index contributed by atoms with van der Waals surface area (Å²) >= 11 is 0. The van der Waals surface area contributed by atoms with E-state index in [-0.39, 0.29) is 24.8 Å². The van der Waals surface area contributed by atoms with Crippen molar-refractivity contribution in [1.29, 1.82) is 0 Å². The van der Waals surface area contributed by atoms with Gasteiger partial charge in [0.05, 0.1) is 18.2 Å². The second-order valence-electron chi connectivity index (χ2n) is 9.07. The van der Waals surface area contributed by atoms with Crippen LogP contribution in [-0.4, -0.2) is 57.3 Å². The lowest BCUT2D eigenvalue weighted by atomic mass is 9.88. The van der Waals surface area contributed by atoms with Crippen LogP contribution in [0.4, 0.5) is 13.2 Å². The molecule has 0 radical (unpaired) electrons. The van der Waals surface area contributed by atoms with Crippen molar-refractivity contribution in [1.82, 2.24) is 10.6 Å². The van der Waals surface area contributed by atoms with E-state index in [0.29, 0.717) is 31.6 Å². The molecule has 2 N–H and O–H groups in total. The molecule has 8 nitrogen and oxygen atoms in total. The van der Waals surface area contributed by atoms with Crippen LogP contribution in [0.1, 0.15) is 41.6 Å². The molecule has 2 aromatic carbocycles. The van der Waals surface area contributed by atoms with Crippen molar-refractivity contribution in [2.75, 3.05) is 33.5 Å². The number of para-hydroxylation sites is 2. The van der Waals surface area contributed by atoms with E-state index in [2.05, 4.69) is 15.4 Å². The van der Waals surface area contributed by atoms with Crippen molar-refractivity contribution in [2.45, 2.75) is 43.1 Å². The Balaban J connectivity index is 1.39. The van der Waals surface area contributed by atoms with Gasteiger partial charge < -0.3 is 24.3 Å². The quantitative estimate of drug-likeness (QED) is 0.363. The minimum atomic E-state index is -4.83. The average Bonchev–Trinajstić information content (AvgIpc) is 3.67. The molecule has 0 atom stereocenters. The third-order valence-corrected chi connectivity index (χ3v) is 6.64. The van der Waals surface area contributed by atoms with Gasteiger partial charge in [-0.25, -0.2) is 4.79 Å². The number of benzene rings is 2. The van der Waals surface area contributed by atoms with Crippen LogP contribution in [0.25, 0.3) is 0 Å². The van der Waals surface area contributed by atoms with Crippen LogP contribution in [0.2, 0.25) is 0 Å². The number of hydrogen-bond donors (Lipinski definition) is 2. The third kappa shape index (κ3) is 6.53. The number of ether oxygens (including phenoxy) is 4. The van der Waals surface area contributed by atoms with Crippen LogP contribution in [0.5, 0.6) is 11.5 Å². The average molecular weight is 523 g/mol. The number of esters is 1. The summed E-state index contributed by atoms with van der Waals surface area (Å²) in [6.45, 7) is 1.03. The fraction of sp³-hybridized carbons (Fsp3) is 0.462. The Morgan fingerprint density at radius 3 is 2.22 bits per heavy atom. The van der Waals surface area contributed by atoms with Gasteiger partial charge in [-0.2, -0.15) is 0 Å². The van der Waals surface area contributed by atoms with Gasteiger partial charge in [-0.1, -0.05) is 24.3 Å². The van der Waals surface area contributed by atoms with E-state index in [9.17, 15) is 22.8 Å². The SMILES string of the molecule is COC(=O)c1ccc(C2(NC(=O)C3(NCCOc4ccccc4OC(F)(F)F)CCOCC3)CC2)cc1. The van der Waals surface area contributed by atoms with Crippen molar-refractivity contribution in [3.05, 3.63) is 59.7 Å². The van der Waals surface area contributed by atoms with Crippen LogP contribution in [0.3, 0.4) is 0 Å². The largest absolute Gasteiger partial charge is 0.573 e. The molecular weight excluding hydrogens is 493 g/mol.